The van der Waals surface area contributed by atoms with E-state index in [2.05, 4.69) is 0 Å². The highest BCUT2D eigenvalue weighted by atomic mass is 35.5. The molecule has 0 saturated heterocycles. The topological polar surface area (TPSA) is 40.5 Å². The largest absolute Gasteiger partial charge is 0.508 e. The molecule has 0 unspecified atom stereocenters. The van der Waals surface area contributed by atoms with Gasteiger partial charge in [0, 0.05) is 0 Å². The molecule has 0 heterocycles. The van der Waals surface area contributed by atoms with E-state index >= 15 is 0 Å². The Balaban J connectivity index is 0.000000181. The van der Waals surface area contributed by atoms with Crippen molar-refractivity contribution in [3.8, 4) is 11.5 Å². The van der Waals surface area contributed by atoms with Crippen LogP contribution in [0.3, 0.4) is 0 Å². The minimum Gasteiger partial charge on any atom is -0.508 e. The Morgan fingerprint density at radius 1 is 0.706 bits per heavy atom. The molecule has 0 fully saturated rings. The predicted molar refractivity (Wildman–Crippen MR) is 71.2 cm³/mol. The second-order valence-corrected chi connectivity index (χ2v) is 4.19. The van der Waals surface area contributed by atoms with Crippen molar-refractivity contribution >= 4 is 34.8 Å². The fraction of sp³-hybridized carbons (Fsp3) is 0. The van der Waals surface area contributed by atoms with Crippen molar-refractivity contribution in [1.29, 1.82) is 0 Å². The second kappa shape index (κ2) is 6.60. The van der Waals surface area contributed by atoms with E-state index in [9.17, 15) is 0 Å². The summed E-state index contributed by atoms with van der Waals surface area (Å²) in [6, 6.07) is 11.6. The van der Waals surface area contributed by atoms with Crippen molar-refractivity contribution in [2.45, 2.75) is 0 Å². The number of halogens is 3. The lowest BCUT2D eigenvalue weighted by molar-refractivity contribution is 0.475. The monoisotopic (exact) mass is 290 g/mol. The summed E-state index contributed by atoms with van der Waals surface area (Å²) in [5, 5.41) is 18.2. The lowest BCUT2D eigenvalue weighted by Gasteiger charge is -1.99. The van der Waals surface area contributed by atoms with E-state index in [1.165, 1.54) is 12.1 Å². The van der Waals surface area contributed by atoms with Gasteiger partial charge in [-0.05, 0) is 24.3 Å². The van der Waals surface area contributed by atoms with E-state index in [1.807, 2.05) is 6.07 Å². The lowest BCUT2D eigenvalue weighted by Crippen LogP contribution is -1.71. The molecule has 17 heavy (non-hydrogen) atoms. The van der Waals surface area contributed by atoms with Crippen LogP contribution in [-0.2, 0) is 0 Å². The van der Waals surface area contributed by atoms with Gasteiger partial charge in [0.25, 0.3) is 0 Å². The van der Waals surface area contributed by atoms with Crippen LogP contribution in [0.1, 0.15) is 0 Å². The maximum Gasteiger partial charge on any atom is 0.135 e. The average Bonchev–Trinajstić information content (AvgIpc) is 2.33. The Kier molecular flexibility index (Phi) is 5.42. The van der Waals surface area contributed by atoms with Crippen molar-refractivity contribution in [2.75, 3.05) is 0 Å². The van der Waals surface area contributed by atoms with Crippen molar-refractivity contribution in [3.63, 3.8) is 0 Å². The molecule has 2 aromatic rings. The highest BCUT2D eigenvalue weighted by Gasteiger charge is 2.06. The number of hydrogen-bond donors (Lipinski definition) is 2. The van der Waals surface area contributed by atoms with Crippen LogP contribution in [0.2, 0.25) is 15.1 Å². The zero-order valence-electron chi connectivity index (χ0n) is 8.57. The van der Waals surface area contributed by atoms with Gasteiger partial charge < -0.3 is 10.2 Å². The molecule has 90 valence electrons. The summed E-state index contributed by atoms with van der Waals surface area (Å²) in [7, 11) is 0. The molecule has 0 bridgehead atoms. The first-order chi connectivity index (χ1) is 8.02. The molecule has 2 nitrogen and oxygen atoms in total. The van der Waals surface area contributed by atoms with Crippen LogP contribution in [0.15, 0.2) is 42.5 Å². The number of phenolic OH excluding ortho intramolecular Hbond substituents is 2. The van der Waals surface area contributed by atoms with Crippen LogP contribution in [0, 0.1) is 0 Å². The minimum atomic E-state index is -0.0592. The number of benzene rings is 2. The Labute approximate surface area is 114 Å². The Morgan fingerprint density at radius 3 is 1.71 bits per heavy atom. The van der Waals surface area contributed by atoms with Gasteiger partial charge in [-0.2, -0.15) is 0 Å². The summed E-state index contributed by atoms with van der Waals surface area (Å²) in [6.07, 6.45) is 0. The van der Waals surface area contributed by atoms with Crippen LogP contribution in [0.5, 0.6) is 11.5 Å². The van der Waals surface area contributed by atoms with E-state index in [0.29, 0.717) is 10.8 Å². The summed E-state index contributed by atoms with van der Waals surface area (Å²) in [5.41, 5.74) is 0. The van der Waals surface area contributed by atoms with Crippen molar-refractivity contribution in [3.05, 3.63) is 57.5 Å². The summed E-state index contributed by atoms with van der Waals surface area (Å²) in [4.78, 5) is 0. The number of hydrogen-bond acceptors (Lipinski definition) is 2. The molecular weight excluding hydrogens is 282 g/mol. The fourth-order valence-corrected chi connectivity index (χ4v) is 1.47. The molecule has 0 aliphatic heterocycles. The maximum absolute atomic E-state index is 8.95. The predicted octanol–water partition coefficient (Wildman–Crippen LogP) is 4.74. The van der Waals surface area contributed by atoms with Gasteiger partial charge in [0.05, 0.1) is 10.0 Å². The summed E-state index contributed by atoms with van der Waals surface area (Å²) < 4.78 is 0. The van der Waals surface area contributed by atoms with E-state index < -0.39 is 0 Å². The first kappa shape index (κ1) is 14.0. The van der Waals surface area contributed by atoms with Crippen molar-refractivity contribution in [1.82, 2.24) is 0 Å². The van der Waals surface area contributed by atoms with Crippen LogP contribution in [-0.4, -0.2) is 10.2 Å². The highest BCUT2D eigenvalue weighted by molar-refractivity contribution is 6.48. The third-order valence-corrected chi connectivity index (χ3v) is 3.05. The van der Waals surface area contributed by atoms with Gasteiger partial charge in [0.1, 0.15) is 16.5 Å². The molecule has 0 spiro atoms. The highest BCUT2D eigenvalue weighted by Crippen LogP contribution is 2.35. The molecule has 2 aromatic carbocycles. The summed E-state index contributed by atoms with van der Waals surface area (Å²) >= 11 is 16.6. The van der Waals surface area contributed by atoms with Crippen LogP contribution in [0.4, 0.5) is 0 Å². The quantitative estimate of drug-likeness (QED) is 0.688. The Morgan fingerprint density at radius 2 is 1.29 bits per heavy atom. The molecule has 0 radical (unpaired) electrons. The minimum absolute atomic E-state index is 0.0592. The molecule has 0 aromatic heterocycles. The molecule has 0 atom stereocenters. The average molecular weight is 292 g/mol. The van der Waals surface area contributed by atoms with Gasteiger partial charge in [-0.3, -0.25) is 0 Å². The molecule has 0 amide bonds. The van der Waals surface area contributed by atoms with Gasteiger partial charge in [-0.25, -0.2) is 0 Å². The SMILES string of the molecule is Oc1ccc(Cl)c(Cl)c1Cl.Oc1ccccc1. The first-order valence-corrected chi connectivity index (χ1v) is 5.72. The zero-order chi connectivity index (χ0) is 12.8. The van der Waals surface area contributed by atoms with Crippen molar-refractivity contribution in [2.24, 2.45) is 0 Å². The van der Waals surface area contributed by atoms with Crippen LogP contribution < -0.4 is 0 Å². The Hall–Kier alpha value is -1.09. The zero-order valence-corrected chi connectivity index (χ0v) is 10.8. The van der Waals surface area contributed by atoms with Gasteiger partial charge in [-0.1, -0.05) is 53.0 Å². The summed E-state index contributed by atoms with van der Waals surface area (Å²) in [5.74, 6) is 0.263. The van der Waals surface area contributed by atoms with Gasteiger partial charge in [0.2, 0.25) is 0 Å². The lowest BCUT2D eigenvalue weighted by atomic mass is 10.3. The second-order valence-electron chi connectivity index (χ2n) is 3.03. The van der Waals surface area contributed by atoms with Gasteiger partial charge in [0.15, 0.2) is 0 Å². The van der Waals surface area contributed by atoms with Gasteiger partial charge in [-0.15, -0.1) is 0 Å². The molecule has 0 aliphatic rings. The van der Waals surface area contributed by atoms with E-state index in [0.717, 1.165) is 0 Å². The number of para-hydroxylation sites is 1. The molecule has 2 N–H and O–H groups in total. The molecule has 0 saturated carbocycles. The van der Waals surface area contributed by atoms with Crippen LogP contribution >= 0.6 is 34.8 Å². The standard InChI is InChI=1S/C6H3Cl3O.C6H6O/c7-3-1-2-4(10)6(9)5(3)8;7-6-4-2-1-3-5-6/h1-2,10H;1-5,7H. The van der Waals surface area contributed by atoms with E-state index in [1.54, 1.807) is 24.3 Å². The van der Waals surface area contributed by atoms with Crippen LogP contribution in [0.25, 0.3) is 0 Å². The number of phenols is 2. The number of rotatable bonds is 0. The third-order valence-electron chi connectivity index (χ3n) is 1.77. The normalized spacial score (nSPS) is 9.35. The fourth-order valence-electron chi connectivity index (χ4n) is 0.944. The first-order valence-electron chi connectivity index (χ1n) is 4.59. The van der Waals surface area contributed by atoms with E-state index in [4.69, 9.17) is 45.0 Å². The Bertz CT molecular complexity index is 460. The van der Waals surface area contributed by atoms with Crippen molar-refractivity contribution < 1.29 is 10.2 Å². The molecular formula is C12H9Cl3O2. The smallest absolute Gasteiger partial charge is 0.135 e. The molecule has 5 heteroatoms. The van der Waals surface area contributed by atoms with Gasteiger partial charge >= 0.3 is 0 Å². The molecule has 0 aliphatic carbocycles. The van der Waals surface area contributed by atoms with E-state index in [-0.39, 0.29) is 15.8 Å². The third kappa shape index (κ3) is 4.35. The number of aromatic hydroxyl groups is 2. The summed E-state index contributed by atoms with van der Waals surface area (Å²) in [6.45, 7) is 0. The maximum atomic E-state index is 8.95. The molecule has 2 rings (SSSR count).